The minimum Gasteiger partial charge on any atom is -0.493 e. The number of nitrogens with one attached hydrogen (secondary N) is 1. The minimum absolute atomic E-state index is 0.0493. The summed E-state index contributed by atoms with van der Waals surface area (Å²) in [7, 11) is 1.28. The lowest BCUT2D eigenvalue weighted by Gasteiger charge is -2.15. The molecule has 11 heteroatoms. The fourth-order valence-electron chi connectivity index (χ4n) is 2.24. The lowest BCUT2D eigenvalue weighted by Crippen LogP contribution is -2.21. The van der Waals surface area contributed by atoms with Crippen LogP contribution in [0.3, 0.4) is 0 Å². The van der Waals surface area contributed by atoms with E-state index in [0.29, 0.717) is 18.4 Å². The number of methoxy groups -OCH3 is 1. The van der Waals surface area contributed by atoms with Crippen LogP contribution in [0.2, 0.25) is 0 Å². The van der Waals surface area contributed by atoms with Crippen molar-refractivity contribution in [2.75, 3.05) is 19.0 Å². The summed E-state index contributed by atoms with van der Waals surface area (Å²) in [6.07, 6.45) is -9.53. The zero-order valence-electron chi connectivity index (χ0n) is 14.6. The van der Waals surface area contributed by atoms with Gasteiger partial charge in [0.25, 0.3) is 5.91 Å². The Balaban J connectivity index is 2.17. The number of rotatable bonds is 6. The Morgan fingerprint density at radius 1 is 0.966 bits per heavy atom. The SMILES string of the molecule is COc1cc(C=O)ccc1OCC(=O)Nc1cc(C(F)(F)F)cc(C(F)(F)F)c1. The van der Waals surface area contributed by atoms with E-state index in [2.05, 4.69) is 0 Å². The predicted octanol–water partition coefficient (Wildman–Crippen LogP) is 4.56. The average molecular weight is 421 g/mol. The number of amides is 1. The highest BCUT2D eigenvalue weighted by Gasteiger charge is 2.37. The predicted molar refractivity (Wildman–Crippen MR) is 89.0 cm³/mol. The number of carbonyl (C=O) groups excluding carboxylic acids is 2. The van der Waals surface area contributed by atoms with E-state index >= 15 is 0 Å². The molecule has 0 unspecified atom stereocenters. The fourth-order valence-corrected chi connectivity index (χ4v) is 2.24. The quantitative estimate of drug-likeness (QED) is 0.549. The summed E-state index contributed by atoms with van der Waals surface area (Å²) in [5.74, 6) is -0.840. The second-order valence-electron chi connectivity index (χ2n) is 5.66. The molecule has 0 aromatic heterocycles. The molecule has 0 fully saturated rings. The fraction of sp³-hybridized carbons (Fsp3) is 0.222. The Bertz CT molecular complexity index is 876. The van der Waals surface area contributed by atoms with Gasteiger partial charge in [-0.3, -0.25) is 9.59 Å². The number of carbonyl (C=O) groups is 2. The molecule has 156 valence electrons. The van der Waals surface area contributed by atoms with Crippen molar-refractivity contribution in [1.82, 2.24) is 0 Å². The molecule has 2 aromatic carbocycles. The molecular weight excluding hydrogens is 408 g/mol. The molecule has 0 aliphatic carbocycles. The van der Waals surface area contributed by atoms with E-state index in [0.717, 1.165) is 0 Å². The van der Waals surface area contributed by atoms with E-state index in [1.54, 1.807) is 0 Å². The first-order valence-corrected chi connectivity index (χ1v) is 7.79. The van der Waals surface area contributed by atoms with E-state index in [9.17, 15) is 35.9 Å². The maximum absolute atomic E-state index is 12.8. The first kappa shape index (κ1) is 22.1. The maximum Gasteiger partial charge on any atom is 0.416 e. The topological polar surface area (TPSA) is 64.6 Å². The van der Waals surface area contributed by atoms with Gasteiger partial charge >= 0.3 is 12.4 Å². The van der Waals surface area contributed by atoms with Gasteiger partial charge in [0.05, 0.1) is 18.2 Å². The monoisotopic (exact) mass is 421 g/mol. The van der Waals surface area contributed by atoms with Gasteiger partial charge in [0, 0.05) is 11.3 Å². The first-order chi connectivity index (χ1) is 13.4. The number of anilines is 1. The minimum atomic E-state index is -5.04. The van der Waals surface area contributed by atoms with Crippen molar-refractivity contribution in [2.24, 2.45) is 0 Å². The number of hydrogen-bond donors (Lipinski definition) is 1. The van der Waals surface area contributed by atoms with Gasteiger partial charge in [-0.25, -0.2) is 0 Å². The van der Waals surface area contributed by atoms with Crippen molar-refractivity contribution >= 4 is 17.9 Å². The van der Waals surface area contributed by atoms with E-state index in [-0.39, 0.29) is 23.1 Å². The molecule has 0 spiro atoms. The van der Waals surface area contributed by atoms with Gasteiger partial charge in [-0.1, -0.05) is 0 Å². The second-order valence-corrected chi connectivity index (χ2v) is 5.66. The summed E-state index contributed by atoms with van der Waals surface area (Å²) < 4.78 is 87.2. The van der Waals surface area contributed by atoms with Crippen LogP contribution in [0.1, 0.15) is 21.5 Å². The van der Waals surface area contributed by atoms with Gasteiger partial charge in [-0.2, -0.15) is 26.3 Å². The maximum atomic E-state index is 12.8. The van der Waals surface area contributed by atoms with Crippen LogP contribution in [0.5, 0.6) is 11.5 Å². The smallest absolute Gasteiger partial charge is 0.416 e. The molecule has 29 heavy (non-hydrogen) atoms. The van der Waals surface area contributed by atoms with Crippen LogP contribution >= 0.6 is 0 Å². The van der Waals surface area contributed by atoms with Crippen LogP contribution in [0.25, 0.3) is 0 Å². The van der Waals surface area contributed by atoms with Crippen molar-refractivity contribution in [3.8, 4) is 11.5 Å². The molecule has 0 radical (unpaired) electrons. The van der Waals surface area contributed by atoms with E-state index in [1.165, 1.54) is 25.3 Å². The highest BCUT2D eigenvalue weighted by atomic mass is 19.4. The van der Waals surface area contributed by atoms with Crippen LogP contribution in [0.4, 0.5) is 32.0 Å². The van der Waals surface area contributed by atoms with Gasteiger partial charge in [0.2, 0.25) is 0 Å². The molecule has 0 aliphatic heterocycles. The Morgan fingerprint density at radius 2 is 1.55 bits per heavy atom. The highest BCUT2D eigenvalue weighted by Crippen LogP contribution is 2.37. The summed E-state index contributed by atoms with van der Waals surface area (Å²) >= 11 is 0. The molecule has 0 atom stereocenters. The van der Waals surface area contributed by atoms with Gasteiger partial charge in [-0.05, 0) is 36.4 Å². The molecule has 2 aromatic rings. The molecule has 0 saturated carbocycles. The van der Waals surface area contributed by atoms with Gasteiger partial charge in [0.1, 0.15) is 6.29 Å². The van der Waals surface area contributed by atoms with Crippen molar-refractivity contribution < 1.29 is 45.4 Å². The zero-order valence-corrected chi connectivity index (χ0v) is 14.6. The van der Waals surface area contributed by atoms with E-state index in [4.69, 9.17) is 9.47 Å². The van der Waals surface area contributed by atoms with Crippen LogP contribution in [-0.4, -0.2) is 25.9 Å². The lowest BCUT2D eigenvalue weighted by molar-refractivity contribution is -0.143. The molecule has 5 nitrogen and oxygen atoms in total. The van der Waals surface area contributed by atoms with Crippen LogP contribution in [-0.2, 0) is 17.1 Å². The number of benzene rings is 2. The zero-order chi connectivity index (χ0) is 21.8. The number of alkyl halides is 6. The van der Waals surface area contributed by atoms with Crippen molar-refractivity contribution in [3.05, 3.63) is 53.1 Å². The summed E-state index contributed by atoms with van der Waals surface area (Å²) in [5.41, 5.74) is -3.55. The third kappa shape index (κ3) is 5.87. The summed E-state index contributed by atoms with van der Waals surface area (Å²) in [6, 6.07) is 4.72. The molecule has 0 heterocycles. The Hall–Kier alpha value is -3.24. The van der Waals surface area contributed by atoms with Crippen molar-refractivity contribution in [1.29, 1.82) is 0 Å². The lowest BCUT2D eigenvalue weighted by atomic mass is 10.1. The van der Waals surface area contributed by atoms with E-state index in [1.807, 2.05) is 5.32 Å². The molecular formula is C18H13F6NO4. The molecule has 1 N–H and O–H groups in total. The normalized spacial score (nSPS) is 11.7. The third-order valence-electron chi connectivity index (χ3n) is 3.55. The Labute approximate surface area is 160 Å². The van der Waals surface area contributed by atoms with Crippen molar-refractivity contribution in [2.45, 2.75) is 12.4 Å². The van der Waals surface area contributed by atoms with Crippen LogP contribution in [0.15, 0.2) is 36.4 Å². The van der Waals surface area contributed by atoms with E-state index < -0.39 is 41.7 Å². The van der Waals surface area contributed by atoms with Crippen LogP contribution < -0.4 is 14.8 Å². The molecule has 1 amide bonds. The van der Waals surface area contributed by atoms with Gasteiger partial charge < -0.3 is 14.8 Å². The number of aldehydes is 1. The number of ether oxygens (including phenoxy) is 2. The Morgan fingerprint density at radius 3 is 2.03 bits per heavy atom. The molecule has 0 saturated heterocycles. The molecule has 2 rings (SSSR count). The number of halogens is 6. The van der Waals surface area contributed by atoms with Crippen LogP contribution in [0, 0.1) is 0 Å². The highest BCUT2D eigenvalue weighted by molar-refractivity contribution is 5.92. The average Bonchev–Trinajstić information content (AvgIpc) is 2.64. The Kier molecular flexibility index (Phi) is 6.40. The second kappa shape index (κ2) is 8.41. The molecule has 0 aliphatic rings. The third-order valence-corrected chi connectivity index (χ3v) is 3.55. The van der Waals surface area contributed by atoms with Gasteiger partial charge in [0.15, 0.2) is 18.1 Å². The summed E-state index contributed by atoms with van der Waals surface area (Å²) in [6.45, 7) is -0.728. The van der Waals surface area contributed by atoms with Crippen molar-refractivity contribution in [3.63, 3.8) is 0 Å². The summed E-state index contributed by atoms with van der Waals surface area (Å²) in [5, 5.41) is 1.94. The summed E-state index contributed by atoms with van der Waals surface area (Å²) in [4.78, 5) is 22.7. The first-order valence-electron chi connectivity index (χ1n) is 7.79. The standard InChI is InChI=1S/C18H13F6NO4/c1-28-15-4-10(8-26)2-3-14(15)29-9-16(27)25-13-6-11(17(19,20)21)5-12(7-13)18(22,23)24/h2-8H,9H2,1H3,(H,25,27). The van der Waals surface area contributed by atoms with Gasteiger partial charge in [-0.15, -0.1) is 0 Å². The molecule has 0 bridgehead atoms. The largest absolute Gasteiger partial charge is 0.493 e. The number of hydrogen-bond acceptors (Lipinski definition) is 4.